The number of hydrogen-bond donors (Lipinski definition) is 1. The molecule has 3 rings (SSSR count). The van der Waals surface area contributed by atoms with Gasteiger partial charge in [-0.3, -0.25) is 9.78 Å². The molecule has 0 radical (unpaired) electrons. The van der Waals surface area contributed by atoms with Crippen molar-refractivity contribution >= 4 is 32.8 Å². The monoisotopic (exact) mass is 305 g/mol. The number of benzene rings is 1. The van der Waals surface area contributed by atoms with E-state index in [1.807, 2.05) is 18.2 Å². The van der Waals surface area contributed by atoms with E-state index in [1.54, 1.807) is 0 Å². The number of carboxylic acid groups (broad SMARTS) is 1. The van der Waals surface area contributed by atoms with Crippen molar-refractivity contribution in [3.63, 3.8) is 0 Å². The number of pyridine rings is 1. The minimum Gasteiger partial charge on any atom is -0.481 e. The zero-order valence-corrected chi connectivity index (χ0v) is 11.5. The topological polar surface area (TPSA) is 50.2 Å². The van der Waals surface area contributed by atoms with E-state index in [9.17, 15) is 4.79 Å². The van der Waals surface area contributed by atoms with Gasteiger partial charge < -0.3 is 5.11 Å². The number of carbonyl (C=O) groups is 1. The standard InChI is InChI=1S/C14H12BrNO2/c1-7-10-4-8(14(17)18)5-13(10)16-12-3-2-9(15)6-11(7)12/h2-3,6,8H,4-5H2,1H3,(H,17,18). The second-order valence-electron chi connectivity index (χ2n) is 4.77. The van der Waals surface area contributed by atoms with Gasteiger partial charge in [-0.05, 0) is 42.7 Å². The van der Waals surface area contributed by atoms with Gasteiger partial charge in [-0.1, -0.05) is 15.9 Å². The van der Waals surface area contributed by atoms with Gasteiger partial charge in [-0.2, -0.15) is 0 Å². The van der Waals surface area contributed by atoms with Crippen molar-refractivity contribution in [1.29, 1.82) is 0 Å². The summed E-state index contributed by atoms with van der Waals surface area (Å²) in [6, 6.07) is 5.98. The lowest BCUT2D eigenvalue weighted by Gasteiger charge is -2.08. The number of aliphatic carboxylic acids is 1. The van der Waals surface area contributed by atoms with Gasteiger partial charge >= 0.3 is 5.97 Å². The third-order valence-electron chi connectivity index (χ3n) is 3.66. The summed E-state index contributed by atoms with van der Waals surface area (Å²) >= 11 is 3.46. The van der Waals surface area contributed by atoms with Gasteiger partial charge in [0.15, 0.2) is 0 Å². The first kappa shape index (κ1) is 11.7. The van der Waals surface area contributed by atoms with Crippen LogP contribution < -0.4 is 0 Å². The predicted octanol–water partition coefficient (Wildman–Crippen LogP) is 3.11. The Balaban J connectivity index is 2.21. The predicted molar refractivity (Wildman–Crippen MR) is 72.7 cm³/mol. The number of nitrogens with zero attached hydrogens (tertiary/aromatic N) is 1. The number of hydrogen-bond acceptors (Lipinski definition) is 2. The van der Waals surface area contributed by atoms with Crippen LogP contribution in [0.5, 0.6) is 0 Å². The van der Waals surface area contributed by atoms with E-state index in [0.29, 0.717) is 12.8 Å². The zero-order valence-electron chi connectivity index (χ0n) is 9.90. The summed E-state index contributed by atoms with van der Waals surface area (Å²) in [5.41, 5.74) is 4.18. The first-order chi connectivity index (χ1) is 8.56. The van der Waals surface area contributed by atoms with Gasteiger partial charge in [0, 0.05) is 22.0 Å². The number of aromatic nitrogens is 1. The zero-order chi connectivity index (χ0) is 12.9. The quantitative estimate of drug-likeness (QED) is 0.881. The molecule has 0 fully saturated rings. The van der Waals surface area contributed by atoms with Crippen LogP contribution in [-0.2, 0) is 17.6 Å². The molecule has 92 valence electrons. The molecule has 1 heterocycles. The van der Waals surface area contributed by atoms with Crippen molar-refractivity contribution in [2.24, 2.45) is 5.92 Å². The first-order valence-corrected chi connectivity index (χ1v) is 6.66. The van der Waals surface area contributed by atoms with Crippen LogP contribution in [0.25, 0.3) is 10.9 Å². The van der Waals surface area contributed by atoms with Crippen molar-refractivity contribution in [3.05, 3.63) is 39.5 Å². The Morgan fingerprint density at radius 3 is 2.94 bits per heavy atom. The molecule has 1 atom stereocenters. The summed E-state index contributed by atoms with van der Waals surface area (Å²) in [7, 11) is 0. The van der Waals surface area contributed by atoms with Crippen LogP contribution in [0.2, 0.25) is 0 Å². The second kappa shape index (κ2) is 4.05. The maximum Gasteiger partial charge on any atom is 0.307 e. The molecule has 2 aromatic rings. The summed E-state index contributed by atoms with van der Waals surface area (Å²) in [6.45, 7) is 2.06. The van der Waals surface area contributed by atoms with E-state index in [2.05, 4.69) is 27.8 Å². The van der Waals surface area contributed by atoms with Crippen LogP contribution in [0.1, 0.15) is 16.8 Å². The van der Waals surface area contributed by atoms with Crippen LogP contribution in [0.3, 0.4) is 0 Å². The Kier molecular flexibility index (Phi) is 2.63. The summed E-state index contributed by atoms with van der Waals surface area (Å²) in [5.74, 6) is -1.04. The summed E-state index contributed by atoms with van der Waals surface area (Å²) < 4.78 is 1.02. The number of halogens is 1. The average molecular weight is 306 g/mol. The van der Waals surface area contributed by atoms with Gasteiger partial charge in [-0.25, -0.2) is 0 Å². The van der Waals surface area contributed by atoms with Crippen molar-refractivity contribution in [2.75, 3.05) is 0 Å². The molecule has 4 heteroatoms. The van der Waals surface area contributed by atoms with E-state index < -0.39 is 5.97 Å². The highest BCUT2D eigenvalue weighted by molar-refractivity contribution is 9.10. The lowest BCUT2D eigenvalue weighted by Crippen LogP contribution is -2.13. The number of aryl methyl sites for hydroxylation is 1. The van der Waals surface area contributed by atoms with E-state index in [1.165, 1.54) is 5.56 Å². The minimum atomic E-state index is -0.724. The fraction of sp³-hybridized carbons (Fsp3) is 0.286. The number of carboxylic acids is 1. The molecule has 1 N–H and O–H groups in total. The number of fused-ring (bicyclic) bond motifs is 2. The normalized spacial score (nSPS) is 18.0. The molecule has 1 aliphatic carbocycles. The highest BCUT2D eigenvalue weighted by Gasteiger charge is 2.30. The Labute approximate surface area is 113 Å². The van der Waals surface area contributed by atoms with E-state index in [-0.39, 0.29) is 5.92 Å². The molecular weight excluding hydrogens is 294 g/mol. The maximum atomic E-state index is 11.1. The van der Waals surface area contributed by atoms with Gasteiger partial charge in [0.05, 0.1) is 11.4 Å². The fourth-order valence-electron chi connectivity index (χ4n) is 2.66. The molecule has 0 amide bonds. The third-order valence-corrected chi connectivity index (χ3v) is 4.15. The molecule has 1 aliphatic rings. The largest absolute Gasteiger partial charge is 0.481 e. The fourth-order valence-corrected chi connectivity index (χ4v) is 3.03. The molecule has 0 spiro atoms. The molecule has 1 aromatic heterocycles. The lowest BCUT2D eigenvalue weighted by atomic mass is 10.0. The van der Waals surface area contributed by atoms with Crippen LogP contribution >= 0.6 is 15.9 Å². The smallest absolute Gasteiger partial charge is 0.307 e. The summed E-state index contributed by atoms with van der Waals surface area (Å²) in [6.07, 6.45) is 1.16. The molecule has 18 heavy (non-hydrogen) atoms. The SMILES string of the molecule is Cc1c2c(nc3ccc(Br)cc13)CC(C(=O)O)C2. The highest BCUT2D eigenvalue weighted by atomic mass is 79.9. The summed E-state index contributed by atoms with van der Waals surface area (Å²) in [5, 5.41) is 10.2. The molecule has 1 unspecified atom stereocenters. The Morgan fingerprint density at radius 2 is 2.22 bits per heavy atom. The highest BCUT2D eigenvalue weighted by Crippen LogP contribution is 2.33. The first-order valence-electron chi connectivity index (χ1n) is 5.86. The Morgan fingerprint density at radius 1 is 1.44 bits per heavy atom. The van der Waals surface area contributed by atoms with E-state index >= 15 is 0 Å². The molecule has 3 nitrogen and oxygen atoms in total. The van der Waals surface area contributed by atoms with E-state index in [4.69, 9.17) is 5.11 Å². The lowest BCUT2D eigenvalue weighted by molar-refractivity contribution is -0.141. The summed E-state index contributed by atoms with van der Waals surface area (Å²) in [4.78, 5) is 15.7. The van der Waals surface area contributed by atoms with Crippen LogP contribution in [0, 0.1) is 12.8 Å². The van der Waals surface area contributed by atoms with Gasteiger partial charge in [0.25, 0.3) is 0 Å². The molecule has 0 saturated heterocycles. The molecular formula is C14H12BrNO2. The molecule has 0 saturated carbocycles. The average Bonchev–Trinajstić information content (AvgIpc) is 2.75. The second-order valence-corrected chi connectivity index (χ2v) is 5.68. The van der Waals surface area contributed by atoms with Gasteiger partial charge in [-0.15, -0.1) is 0 Å². The van der Waals surface area contributed by atoms with Gasteiger partial charge in [0.1, 0.15) is 0 Å². The molecule has 0 aliphatic heterocycles. The van der Waals surface area contributed by atoms with Crippen molar-refractivity contribution in [1.82, 2.24) is 4.98 Å². The Bertz CT molecular complexity index is 666. The minimum absolute atomic E-state index is 0.313. The third kappa shape index (κ3) is 1.72. The Hall–Kier alpha value is -1.42. The molecule has 0 bridgehead atoms. The van der Waals surface area contributed by atoms with Gasteiger partial charge in [0.2, 0.25) is 0 Å². The number of rotatable bonds is 1. The van der Waals surface area contributed by atoms with Crippen LogP contribution in [0.4, 0.5) is 0 Å². The maximum absolute atomic E-state index is 11.1. The van der Waals surface area contributed by atoms with Crippen LogP contribution in [0.15, 0.2) is 22.7 Å². The molecule has 1 aromatic carbocycles. The van der Waals surface area contributed by atoms with Crippen molar-refractivity contribution in [2.45, 2.75) is 19.8 Å². The van der Waals surface area contributed by atoms with Crippen LogP contribution in [-0.4, -0.2) is 16.1 Å². The van der Waals surface area contributed by atoms with Crippen molar-refractivity contribution < 1.29 is 9.90 Å². The van der Waals surface area contributed by atoms with Crippen molar-refractivity contribution in [3.8, 4) is 0 Å². The van der Waals surface area contributed by atoms with E-state index in [0.717, 1.165) is 26.6 Å².